The zero-order valence-electron chi connectivity index (χ0n) is 8.95. The third kappa shape index (κ3) is 0.938. The highest BCUT2D eigenvalue weighted by Gasteiger charge is 2.60. The van der Waals surface area contributed by atoms with Gasteiger partial charge >= 0.3 is 0 Å². The van der Waals surface area contributed by atoms with Gasteiger partial charge in [0.05, 0.1) is 6.10 Å². The topological polar surface area (TPSA) is 46.2 Å². The second-order valence-corrected chi connectivity index (χ2v) is 5.98. The van der Waals surface area contributed by atoms with Gasteiger partial charge in [-0.25, -0.2) is 0 Å². The first-order valence-corrected chi connectivity index (χ1v) is 6.07. The van der Waals surface area contributed by atoms with Gasteiger partial charge in [-0.15, -0.1) is 0 Å². The number of hydrogen-bond donors (Lipinski definition) is 2. The lowest BCUT2D eigenvalue weighted by atomic mass is 9.68. The molecule has 0 aliphatic heterocycles. The molecular weight excluding hydrogens is 174 g/mol. The predicted octanol–water partition coefficient (Wildman–Crippen LogP) is 1.52. The standard InChI is InChI=1S/C12H21NO/c1-7-5-12(6-10(7)14)9-3-2-8(4-9)11(12)13/h7-11,14H,2-6,13H2,1H3/t7-,8+,9?,10-,11-,12?/m0/s1. The molecule has 0 saturated heterocycles. The zero-order chi connectivity index (χ0) is 9.92. The van der Waals surface area contributed by atoms with Gasteiger partial charge in [-0.2, -0.15) is 0 Å². The van der Waals surface area contributed by atoms with Crippen molar-refractivity contribution in [1.82, 2.24) is 0 Å². The van der Waals surface area contributed by atoms with Gasteiger partial charge in [0.1, 0.15) is 0 Å². The van der Waals surface area contributed by atoms with Gasteiger partial charge in [-0.05, 0) is 55.3 Å². The van der Waals surface area contributed by atoms with Gasteiger partial charge in [0.15, 0.2) is 0 Å². The minimum Gasteiger partial charge on any atom is -0.393 e. The Morgan fingerprint density at radius 3 is 2.57 bits per heavy atom. The van der Waals surface area contributed by atoms with Crippen molar-refractivity contribution >= 4 is 0 Å². The van der Waals surface area contributed by atoms with Crippen molar-refractivity contribution in [3.05, 3.63) is 0 Å². The van der Waals surface area contributed by atoms with Crippen LogP contribution in [0.25, 0.3) is 0 Å². The molecule has 3 fully saturated rings. The van der Waals surface area contributed by atoms with E-state index in [1.54, 1.807) is 0 Å². The van der Waals surface area contributed by atoms with Crippen LogP contribution in [0, 0.1) is 23.2 Å². The summed E-state index contributed by atoms with van der Waals surface area (Å²) in [5.41, 5.74) is 6.71. The molecule has 3 saturated carbocycles. The quantitative estimate of drug-likeness (QED) is 0.615. The summed E-state index contributed by atoms with van der Waals surface area (Å²) in [5, 5.41) is 9.91. The van der Waals surface area contributed by atoms with Gasteiger partial charge in [-0.1, -0.05) is 6.92 Å². The number of nitrogens with two attached hydrogens (primary N) is 1. The van der Waals surface area contributed by atoms with Crippen LogP contribution in [0.15, 0.2) is 0 Å². The first-order valence-electron chi connectivity index (χ1n) is 6.07. The third-order valence-corrected chi connectivity index (χ3v) is 5.41. The van der Waals surface area contributed by atoms with Crippen molar-refractivity contribution in [3.63, 3.8) is 0 Å². The Morgan fingerprint density at radius 1 is 1.29 bits per heavy atom. The summed E-state index contributed by atoms with van der Waals surface area (Å²) in [7, 11) is 0. The van der Waals surface area contributed by atoms with Gasteiger partial charge in [0, 0.05) is 6.04 Å². The summed E-state index contributed by atoms with van der Waals surface area (Å²) in [5.74, 6) is 2.08. The Labute approximate surface area is 85.9 Å². The molecule has 14 heavy (non-hydrogen) atoms. The van der Waals surface area contributed by atoms with Crippen molar-refractivity contribution in [1.29, 1.82) is 0 Å². The van der Waals surface area contributed by atoms with E-state index in [9.17, 15) is 5.11 Å². The summed E-state index contributed by atoms with van der Waals surface area (Å²) in [4.78, 5) is 0. The second kappa shape index (κ2) is 2.73. The molecule has 0 aromatic rings. The summed E-state index contributed by atoms with van der Waals surface area (Å²) in [6.07, 6.45) is 6.14. The van der Waals surface area contributed by atoms with Crippen LogP contribution in [0.3, 0.4) is 0 Å². The van der Waals surface area contributed by atoms with Crippen molar-refractivity contribution in [2.45, 2.75) is 51.2 Å². The molecule has 2 bridgehead atoms. The largest absolute Gasteiger partial charge is 0.393 e. The lowest BCUT2D eigenvalue weighted by Gasteiger charge is -2.39. The molecule has 2 nitrogen and oxygen atoms in total. The van der Waals surface area contributed by atoms with E-state index in [1.165, 1.54) is 25.7 Å². The summed E-state index contributed by atoms with van der Waals surface area (Å²) < 4.78 is 0. The molecule has 3 N–H and O–H groups in total. The number of aliphatic hydroxyl groups is 1. The molecule has 3 rings (SSSR count). The highest BCUT2D eigenvalue weighted by atomic mass is 16.3. The van der Waals surface area contributed by atoms with E-state index in [2.05, 4.69) is 6.92 Å². The van der Waals surface area contributed by atoms with Crippen LogP contribution in [0.2, 0.25) is 0 Å². The van der Waals surface area contributed by atoms with Crippen LogP contribution < -0.4 is 5.73 Å². The fourth-order valence-corrected chi connectivity index (χ4v) is 4.62. The second-order valence-electron chi connectivity index (χ2n) is 5.98. The van der Waals surface area contributed by atoms with Gasteiger partial charge < -0.3 is 10.8 Å². The fraction of sp³-hybridized carbons (Fsp3) is 1.00. The lowest BCUT2D eigenvalue weighted by molar-refractivity contribution is 0.0999. The van der Waals surface area contributed by atoms with Crippen LogP contribution in [0.5, 0.6) is 0 Å². The smallest absolute Gasteiger partial charge is 0.0572 e. The Hall–Kier alpha value is -0.0800. The van der Waals surface area contributed by atoms with Crippen LogP contribution in [0.4, 0.5) is 0 Å². The van der Waals surface area contributed by atoms with E-state index in [-0.39, 0.29) is 6.10 Å². The zero-order valence-corrected chi connectivity index (χ0v) is 8.95. The first-order chi connectivity index (χ1) is 6.63. The molecule has 0 heterocycles. The van der Waals surface area contributed by atoms with E-state index in [1.807, 2.05) is 0 Å². The van der Waals surface area contributed by atoms with Crippen molar-refractivity contribution in [3.8, 4) is 0 Å². The number of hydrogen-bond acceptors (Lipinski definition) is 2. The van der Waals surface area contributed by atoms with E-state index < -0.39 is 0 Å². The Bertz CT molecular complexity index is 239. The van der Waals surface area contributed by atoms with Crippen LogP contribution in [-0.4, -0.2) is 17.3 Å². The normalized spacial score (nSPS) is 61.5. The van der Waals surface area contributed by atoms with E-state index in [0.717, 1.165) is 18.3 Å². The van der Waals surface area contributed by atoms with Gasteiger partial charge in [-0.3, -0.25) is 0 Å². The molecule has 1 spiro atoms. The maximum Gasteiger partial charge on any atom is 0.0572 e. The Kier molecular flexibility index (Phi) is 1.79. The summed E-state index contributed by atoms with van der Waals surface area (Å²) in [6.45, 7) is 2.18. The fourth-order valence-electron chi connectivity index (χ4n) is 4.62. The SMILES string of the molecule is C[C@H]1CC2(C[C@@H]1O)C1CC[C@H](C1)[C@@H]2N. The Morgan fingerprint density at radius 2 is 2.07 bits per heavy atom. The minimum absolute atomic E-state index is 0.0830. The lowest BCUT2D eigenvalue weighted by Crippen LogP contribution is -2.45. The molecule has 3 aliphatic rings. The number of aliphatic hydroxyl groups excluding tert-OH is 1. The van der Waals surface area contributed by atoms with E-state index >= 15 is 0 Å². The molecule has 2 heteroatoms. The minimum atomic E-state index is -0.0830. The molecule has 0 amide bonds. The molecule has 0 aromatic carbocycles. The molecular formula is C12H21NO. The third-order valence-electron chi connectivity index (χ3n) is 5.41. The maximum atomic E-state index is 9.91. The molecule has 2 unspecified atom stereocenters. The molecule has 6 atom stereocenters. The molecule has 0 radical (unpaired) electrons. The summed E-state index contributed by atoms with van der Waals surface area (Å²) in [6, 6.07) is 0.390. The maximum absolute atomic E-state index is 9.91. The van der Waals surface area contributed by atoms with Gasteiger partial charge in [0.25, 0.3) is 0 Å². The van der Waals surface area contributed by atoms with Crippen LogP contribution >= 0.6 is 0 Å². The average Bonchev–Trinajstić information content (AvgIpc) is 2.76. The number of rotatable bonds is 0. The number of fused-ring (bicyclic) bond motifs is 3. The van der Waals surface area contributed by atoms with Crippen molar-refractivity contribution < 1.29 is 5.11 Å². The highest BCUT2D eigenvalue weighted by molar-refractivity contribution is 5.12. The average molecular weight is 195 g/mol. The summed E-state index contributed by atoms with van der Waals surface area (Å²) >= 11 is 0. The van der Waals surface area contributed by atoms with E-state index in [0.29, 0.717) is 17.4 Å². The van der Waals surface area contributed by atoms with Crippen molar-refractivity contribution in [2.75, 3.05) is 0 Å². The highest BCUT2D eigenvalue weighted by Crippen LogP contribution is 2.62. The predicted molar refractivity (Wildman–Crippen MR) is 55.6 cm³/mol. The molecule has 3 aliphatic carbocycles. The first kappa shape index (κ1) is 9.17. The molecule has 80 valence electrons. The van der Waals surface area contributed by atoms with Crippen molar-refractivity contribution in [2.24, 2.45) is 28.9 Å². The van der Waals surface area contributed by atoms with Gasteiger partial charge in [0.2, 0.25) is 0 Å². The van der Waals surface area contributed by atoms with Crippen LogP contribution in [0.1, 0.15) is 39.0 Å². The monoisotopic (exact) mass is 195 g/mol. The van der Waals surface area contributed by atoms with Crippen LogP contribution in [-0.2, 0) is 0 Å². The Balaban J connectivity index is 1.91. The van der Waals surface area contributed by atoms with E-state index in [4.69, 9.17) is 5.73 Å². The molecule has 0 aromatic heterocycles.